The molecule has 0 saturated carbocycles. The Morgan fingerprint density at radius 3 is 2.67 bits per heavy atom. The summed E-state index contributed by atoms with van der Waals surface area (Å²) >= 11 is 0. The van der Waals surface area contributed by atoms with Gasteiger partial charge in [-0.15, -0.1) is 0 Å². The van der Waals surface area contributed by atoms with Crippen LogP contribution in [0, 0.1) is 0 Å². The molecule has 0 bridgehead atoms. The fourth-order valence-corrected chi connectivity index (χ4v) is 3.00. The van der Waals surface area contributed by atoms with Crippen LogP contribution in [0.1, 0.15) is 6.92 Å². The maximum Gasteiger partial charge on any atom is 0.321 e. The summed E-state index contributed by atoms with van der Waals surface area (Å²) in [6.07, 6.45) is -0.957. The minimum absolute atomic E-state index is 0.128. The number of urea groups is 1. The van der Waals surface area contributed by atoms with Crippen molar-refractivity contribution in [1.82, 2.24) is 15.1 Å². The van der Waals surface area contributed by atoms with E-state index in [1.165, 1.54) is 16.7 Å². The summed E-state index contributed by atoms with van der Waals surface area (Å²) in [6.45, 7) is 2.19. The predicted octanol–water partition coefficient (Wildman–Crippen LogP) is -0.390. The summed E-state index contributed by atoms with van der Waals surface area (Å²) in [6, 6.07) is 7.09. The highest BCUT2D eigenvalue weighted by atomic mass is 16.3. The third-order valence-electron chi connectivity index (χ3n) is 4.32. The van der Waals surface area contributed by atoms with Crippen LogP contribution >= 0.6 is 0 Å². The van der Waals surface area contributed by atoms with Crippen molar-refractivity contribution in [3.63, 3.8) is 0 Å². The zero-order valence-corrected chi connectivity index (χ0v) is 13.3. The van der Waals surface area contributed by atoms with Crippen molar-refractivity contribution in [3.05, 3.63) is 30.3 Å². The molecule has 3 atom stereocenters. The zero-order chi connectivity index (χ0) is 17.3. The largest absolute Gasteiger partial charge is 0.391 e. The highest BCUT2D eigenvalue weighted by Crippen LogP contribution is 2.18. The fraction of sp³-hybridized carbons (Fsp3) is 0.438. The quantitative estimate of drug-likeness (QED) is 0.686. The minimum atomic E-state index is -0.957. The number of hydrogen-bond donors (Lipinski definition) is 3. The fourth-order valence-electron chi connectivity index (χ4n) is 3.00. The maximum absolute atomic E-state index is 12.3. The number of para-hydroxylation sites is 1. The average molecular weight is 332 g/mol. The summed E-state index contributed by atoms with van der Waals surface area (Å²) in [5.74, 6) is -0.657. The van der Waals surface area contributed by atoms with Crippen LogP contribution in [0.25, 0.3) is 0 Å². The van der Waals surface area contributed by atoms with Crippen molar-refractivity contribution in [2.24, 2.45) is 0 Å². The Kier molecular flexibility index (Phi) is 4.39. The number of benzene rings is 1. The topological polar surface area (TPSA) is 102 Å². The van der Waals surface area contributed by atoms with Crippen molar-refractivity contribution in [3.8, 4) is 0 Å². The maximum atomic E-state index is 12.3. The lowest BCUT2D eigenvalue weighted by atomic mass is 10.0. The number of hydrogen-bond acceptors (Lipinski definition) is 4. The molecule has 8 nitrogen and oxygen atoms in total. The molecule has 4 amide bonds. The van der Waals surface area contributed by atoms with Crippen LogP contribution in [0.2, 0.25) is 0 Å². The number of amides is 4. The Morgan fingerprint density at radius 2 is 2.00 bits per heavy atom. The first-order valence-corrected chi connectivity index (χ1v) is 7.87. The van der Waals surface area contributed by atoms with Gasteiger partial charge in [0.05, 0.1) is 12.6 Å². The molecule has 2 fully saturated rings. The summed E-state index contributed by atoms with van der Waals surface area (Å²) in [7, 11) is 0. The number of fused-ring (bicyclic) bond motifs is 1. The van der Waals surface area contributed by atoms with Gasteiger partial charge in [-0.1, -0.05) is 18.2 Å². The number of carbonyl (C=O) groups is 3. The number of aliphatic hydroxyl groups excluding tert-OH is 1. The first-order valence-electron chi connectivity index (χ1n) is 7.87. The highest BCUT2D eigenvalue weighted by Gasteiger charge is 2.45. The van der Waals surface area contributed by atoms with Crippen molar-refractivity contribution >= 4 is 23.5 Å². The van der Waals surface area contributed by atoms with Gasteiger partial charge in [0.1, 0.15) is 12.1 Å². The third kappa shape index (κ3) is 3.05. The van der Waals surface area contributed by atoms with Gasteiger partial charge >= 0.3 is 6.03 Å². The normalized spacial score (nSPS) is 24.9. The van der Waals surface area contributed by atoms with Crippen LogP contribution < -0.4 is 10.6 Å². The lowest BCUT2D eigenvalue weighted by Gasteiger charge is -2.45. The molecule has 1 aromatic carbocycles. The second kappa shape index (κ2) is 6.48. The van der Waals surface area contributed by atoms with E-state index < -0.39 is 18.2 Å². The van der Waals surface area contributed by atoms with Crippen LogP contribution in [0.15, 0.2) is 30.3 Å². The van der Waals surface area contributed by atoms with Gasteiger partial charge < -0.3 is 25.5 Å². The van der Waals surface area contributed by atoms with Crippen LogP contribution in [0.4, 0.5) is 10.5 Å². The number of nitrogens with zero attached hydrogens (tertiary/aromatic N) is 2. The molecular formula is C16H20N4O4. The van der Waals surface area contributed by atoms with E-state index in [-0.39, 0.29) is 30.9 Å². The molecule has 2 heterocycles. The molecule has 24 heavy (non-hydrogen) atoms. The third-order valence-corrected chi connectivity index (χ3v) is 4.32. The van der Waals surface area contributed by atoms with Gasteiger partial charge in [0, 0.05) is 18.8 Å². The first-order chi connectivity index (χ1) is 11.5. The van der Waals surface area contributed by atoms with Crippen molar-refractivity contribution in [2.45, 2.75) is 25.1 Å². The molecule has 2 aliphatic heterocycles. The van der Waals surface area contributed by atoms with Crippen LogP contribution in [-0.2, 0) is 9.59 Å². The summed E-state index contributed by atoms with van der Waals surface area (Å²) in [4.78, 5) is 39.9. The Hall–Kier alpha value is -2.61. The van der Waals surface area contributed by atoms with E-state index in [1.807, 2.05) is 18.2 Å². The van der Waals surface area contributed by atoms with Gasteiger partial charge in [-0.2, -0.15) is 0 Å². The molecule has 0 spiro atoms. The smallest absolute Gasteiger partial charge is 0.321 e. The van der Waals surface area contributed by atoms with Gasteiger partial charge in [0.15, 0.2) is 0 Å². The van der Waals surface area contributed by atoms with E-state index in [4.69, 9.17) is 0 Å². The van der Waals surface area contributed by atoms with E-state index in [0.717, 1.165) is 0 Å². The Morgan fingerprint density at radius 1 is 1.29 bits per heavy atom. The van der Waals surface area contributed by atoms with Crippen molar-refractivity contribution in [2.75, 3.05) is 25.0 Å². The number of anilines is 1. The monoisotopic (exact) mass is 332 g/mol. The second-order valence-corrected chi connectivity index (χ2v) is 6.02. The van der Waals surface area contributed by atoms with E-state index in [1.54, 1.807) is 12.1 Å². The number of aliphatic hydroxyl groups is 1. The summed E-state index contributed by atoms with van der Waals surface area (Å²) in [5.41, 5.74) is 0.670. The van der Waals surface area contributed by atoms with Gasteiger partial charge in [0.25, 0.3) is 0 Å². The number of nitrogens with one attached hydrogen (secondary N) is 2. The molecule has 0 aromatic heterocycles. The average Bonchev–Trinajstić information content (AvgIpc) is 2.58. The highest BCUT2D eigenvalue weighted by molar-refractivity contribution is 5.98. The predicted molar refractivity (Wildman–Crippen MR) is 86.1 cm³/mol. The van der Waals surface area contributed by atoms with Gasteiger partial charge in [-0.05, 0) is 19.1 Å². The van der Waals surface area contributed by atoms with Gasteiger partial charge in [0.2, 0.25) is 11.8 Å². The molecule has 1 aromatic rings. The van der Waals surface area contributed by atoms with Crippen LogP contribution in [-0.4, -0.2) is 70.6 Å². The molecule has 0 radical (unpaired) electrons. The molecule has 3 rings (SSSR count). The van der Waals surface area contributed by atoms with E-state index in [9.17, 15) is 19.5 Å². The molecule has 0 unspecified atom stereocenters. The number of carbonyl (C=O) groups excluding carboxylic acids is 3. The standard InChI is InChI=1S/C16H20N4O4/c1-10(21)13-15(23)20-8-7-19(9-12(20)14(22)18-13)16(24)17-11-5-3-2-4-6-11/h2-6,10,12-13,21H,7-9H2,1H3,(H,17,24)(H,18,22)/t10-,12-,13+/m1/s1. The van der Waals surface area contributed by atoms with Crippen molar-refractivity contribution < 1.29 is 19.5 Å². The molecule has 2 saturated heterocycles. The SMILES string of the molecule is C[C@@H](O)[C@@H]1NC(=O)[C@H]2CN(C(=O)Nc3ccccc3)CCN2C1=O. The van der Waals surface area contributed by atoms with Crippen LogP contribution in [0.3, 0.4) is 0 Å². The molecule has 2 aliphatic rings. The number of rotatable bonds is 2. The lowest BCUT2D eigenvalue weighted by Crippen LogP contribution is -2.71. The molecule has 8 heteroatoms. The first kappa shape index (κ1) is 16.3. The van der Waals surface area contributed by atoms with E-state index >= 15 is 0 Å². The molecule has 0 aliphatic carbocycles. The zero-order valence-electron chi connectivity index (χ0n) is 13.3. The second-order valence-electron chi connectivity index (χ2n) is 6.02. The lowest BCUT2D eigenvalue weighted by molar-refractivity contribution is -0.155. The molecular weight excluding hydrogens is 312 g/mol. The summed E-state index contributed by atoms with van der Waals surface area (Å²) < 4.78 is 0. The van der Waals surface area contributed by atoms with Gasteiger partial charge in [-0.3, -0.25) is 9.59 Å². The van der Waals surface area contributed by atoms with Crippen LogP contribution in [0.5, 0.6) is 0 Å². The van der Waals surface area contributed by atoms with E-state index in [2.05, 4.69) is 10.6 Å². The molecule has 128 valence electrons. The van der Waals surface area contributed by atoms with E-state index in [0.29, 0.717) is 12.2 Å². The minimum Gasteiger partial charge on any atom is -0.391 e. The van der Waals surface area contributed by atoms with Gasteiger partial charge in [-0.25, -0.2) is 4.79 Å². The molecule has 3 N–H and O–H groups in total. The Balaban J connectivity index is 1.67. The Labute approximate surface area is 139 Å². The Bertz CT molecular complexity index is 649. The van der Waals surface area contributed by atoms with Crippen molar-refractivity contribution in [1.29, 1.82) is 0 Å². The summed E-state index contributed by atoms with van der Waals surface area (Å²) in [5, 5.41) is 14.9. The number of piperazine rings is 2.